The van der Waals surface area contributed by atoms with Gasteiger partial charge in [-0.3, -0.25) is 0 Å². The number of hydrogen-bond donors (Lipinski definition) is 2. The van der Waals surface area contributed by atoms with E-state index in [0.29, 0.717) is 18.1 Å². The fourth-order valence-corrected chi connectivity index (χ4v) is 3.41. The number of fused-ring (bicyclic) bond motifs is 2. The summed E-state index contributed by atoms with van der Waals surface area (Å²) in [6.07, 6.45) is 0. The van der Waals surface area contributed by atoms with E-state index in [-0.39, 0.29) is 0 Å². The predicted octanol–water partition coefficient (Wildman–Crippen LogP) is 5.00. The molecule has 144 valence electrons. The summed E-state index contributed by atoms with van der Waals surface area (Å²) in [5.74, 6) is 2.87. The van der Waals surface area contributed by atoms with E-state index in [0.717, 1.165) is 39.3 Å². The molecule has 0 radical (unpaired) electrons. The van der Waals surface area contributed by atoms with Crippen LogP contribution in [0.5, 0.6) is 11.5 Å². The van der Waals surface area contributed by atoms with Gasteiger partial charge in [-0.05, 0) is 55.0 Å². The van der Waals surface area contributed by atoms with Crippen LogP contribution in [0.15, 0.2) is 60.7 Å². The van der Waals surface area contributed by atoms with Gasteiger partial charge >= 0.3 is 0 Å². The van der Waals surface area contributed by atoms with Crippen molar-refractivity contribution in [1.29, 1.82) is 0 Å². The minimum atomic E-state index is 0.328. The second kappa shape index (κ2) is 6.98. The maximum absolute atomic E-state index is 5.96. The molecule has 0 saturated carbocycles. The Hall–Kier alpha value is -3.80. The second-order valence-corrected chi connectivity index (χ2v) is 6.96. The van der Waals surface area contributed by atoms with Crippen LogP contribution in [0.2, 0.25) is 0 Å². The summed E-state index contributed by atoms with van der Waals surface area (Å²) in [5, 5.41) is 0. The molecule has 6 nitrogen and oxygen atoms in total. The number of H-pyrrole nitrogens is 2. The number of nitrogens with zero attached hydrogens (tertiary/aromatic N) is 2. The zero-order valence-electron chi connectivity index (χ0n) is 16.2. The molecule has 2 heterocycles. The smallest absolute Gasteiger partial charge is 0.161 e. The third-order valence-corrected chi connectivity index (χ3v) is 4.88. The first-order valence-corrected chi connectivity index (χ1v) is 9.41. The molecule has 0 atom stereocenters. The zero-order valence-corrected chi connectivity index (χ0v) is 16.2. The molecule has 0 unspecified atom stereocenters. The van der Waals surface area contributed by atoms with Gasteiger partial charge < -0.3 is 19.4 Å². The molecule has 0 amide bonds. The van der Waals surface area contributed by atoms with E-state index in [1.807, 2.05) is 48.5 Å². The van der Waals surface area contributed by atoms with Gasteiger partial charge in [-0.25, -0.2) is 9.97 Å². The van der Waals surface area contributed by atoms with Crippen LogP contribution in [0.4, 0.5) is 0 Å². The van der Waals surface area contributed by atoms with Gasteiger partial charge in [0.15, 0.2) is 11.5 Å². The van der Waals surface area contributed by atoms with Gasteiger partial charge in [0.05, 0.1) is 29.2 Å². The molecule has 2 N–H and O–H groups in total. The molecule has 0 spiro atoms. The van der Waals surface area contributed by atoms with E-state index in [4.69, 9.17) is 9.47 Å². The van der Waals surface area contributed by atoms with Crippen LogP contribution >= 0.6 is 0 Å². The molecular weight excluding hydrogens is 364 g/mol. The predicted molar refractivity (Wildman–Crippen MR) is 113 cm³/mol. The van der Waals surface area contributed by atoms with E-state index in [1.165, 1.54) is 5.56 Å². The molecule has 0 saturated heterocycles. The van der Waals surface area contributed by atoms with Crippen LogP contribution in [0.3, 0.4) is 0 Å². The van der Waals surface area contributed by atoms with Gasteiger partial charge in [-0.2, -0.15) is 0 Å². The molecule has 0 aliphatic heterocycles. The average Bonchev–Trinajstić information content (AvgIpc) is 3.35. The topological polar surface area (TPSA) is 75.8 Å². The molecular formula is C23H20N4O2. The maximum atomic E-state index is 5.96. The lowest BCUT2D eigenvalue weighted by molar-refractivity contribution is 0.278. The second-order valence-electron chi connectivity index (χ2n) is 6.96. The van der Waals surface area contributed by atoms with Crippen LogP contribution in [-0.2, 0) is 6.61 Å². The van der Waals surface area contributed by atoms with E-state index in [9.17, 15) is 0 Å². The molecule has 5 rings (SSSR count). The summed E-state index contributed by atoms with van der Waals surface area (Å²) in [7, 11) is 1.63. The number of para-hydroxylation sites is 2. The first kappa shape index (κ1) is 17.3. The standard InChI is InChI=1S/C23H20N4O2/c1-14-7-9-18-19(11-14)27-23(26-18)15-8-10-20(21(12-15)28-2)29-13-22-24-16-5-3-4-6-17(16)25-22/h3-12H,13H2,1-2H3,(H,24,25)(H,26,27). The molecule has 0 fully saturated rings. The quantitative estimate of drug-likeness (QED) is 0.447. The molecule has 29 heavy (non-hydrogen) atoms. The van der Waals surface area contributed by atoms with Crippen molar-refractivity contribution < 1.29 is 9.47 Å². The molecule has 3 aromatic carbocycles. The number of aromatic amines is 2. The van der Waals surface area contributed by atoms with E-state index in [1.54, 1.807) is 7.11 Å². The Labute approximate surface area is 167 Å². The van der Waals surface area contributed by atoms with Gasteiger partial charge in [0.2, 0.25) is 0 Å². The van der Waals surface area contributed by atoms with Crippen molar-refractivity contribution in [1.82, 2.24) is 19.9 Å². The summed E-state index contributed by atoms with van der Waals surface area (Å²) in [4.78, 5) is 15.9. The molecule has 0 aliphatic carbocycles. The third kappa shape index (κ3) is 3.29. The Morgan fingerprint density at radius 2 is 1.69 bits per heavy atom. The fraction of sp³-hybridized carbons (Fsp3) is 0.130. The normalized spacial score (nSPS) is 11.2. The lowest BCUT2D eigenvalue weighted by Gasteiger charge is -2.10. The van der Waals surface area contributed by atoms with E-state index >= 15 is 0 Å². The number of nitrogens with one attached hydrogen (secondary N) is 2. The van der Waals surface area contributed by atoms with Crippen LogP contribution in [0, 0.1) is 6.92 Å². The number of methoxy groups -OCH3 is 1. The summed E-state index contributed by atoms with van der Waals surface area (Å²) in [6.45, 7) is 2.39. The first-order chi connectivity index (χ1) is 14.2. The molecule has 5 aromatic rings. The van der Waals surface area contributed by atoms with Gasteiger partial charge in [0.1, 0.15) is 18.3 Å². The Balaban J connectivity index is 1.40. The highest BCUT2D eigenvalue weighted by Gasteiger charge is 2.12. The SMILES string of the molecule is COc1cc(-c2nc3ccc(C)cc3[nH]2)ccc1OCc1nc2ccccc2[nH]1. The highest BCUT2D eigenvalue weighted by molar-refractivity contribution is 5.80. The van der Waals surface area contributed by atoms with Crippen molar-refractivity contribution in [3.05, 3.63) is 72.1 Å². The number of rotatable bonds is 5. The Morgan fingerprint density at radius 1 is 0.828 bits per heavy atom. The van der Waals surface area contributed by atoms with Crippen molar-refractivity contribution in [3.63, 3.8) is 0 Å². The van der Waals surface area contributed by atoms with Crippen molar-refractivity contribution in [2.24, 2.45) is 0 Å². The van der Waals surface area contributed by atoms with Crippen molar-refractivity contribution >= 4 is 22.1 Å². The Kier molecular flexibility index (Phi) is 4.17. The summed E-state index contributed by atoms with van der Waals surface area (Å²) in [5.41, 5.74) is 6.01. The van der Waals surface area contributed by atoms with Crippen molar-refractivity contribution in [2.75, 3.05) is 7.11 Å². The van der Waals surface area contributed by atoms with Gasteiger partial charge in [0, 0.05) is 5.56 Å². The van der Waals surface area contributed by atoms with Crippen molar-refractivity contribution in [3.8, 4) is 22.9 Å². The van der Waals surface area contributed by atoms with E-state index < -0.39 is 0 Å². The Bertz CT molecular complexity index is 1290. The highest BCUT2D eigenvalue weighted by Crippen LogP contribution is 2.33. The van der Waals surface area contributed by atoms with E-state index in [2.05, 4.69) is 39.0 Å². The molecule has 6 heteroatoms. The van der Waals surface area contributed by atoms with Gasteiger partial charge in [-0.15, -0.1) is 0 Å². The third-order valence-electron chi connectivity index (χ3n) is 4.88. The average molecular weight is 384 g/mol. The molecule has 2 aromatic heterocycles. The number of aromatic nitrogens is 4. The number of hydrogen-bond acceptors (Lipinski definition) is 4. The largest absolute Gasteiger partial charge is 0.493 e. The highest BCUT2D eigenvalue weighted by atomic mass is 16.5. The van der Waals surface area contributed by atoms with Crippen LogP contribution in [0.1, 0.15) is 11.4 Å². The van der Waals surface area contributed by atoms with Crippen molar-refractivity contribution in [2.45, 2.75) is 13.5 Å². The number of benzene rings is 3. The minimum absolute atomic E-state index is 0.328. The Morgan fingerprint density at radius 3 is 2.55 bits per heavy atom. The van der Waals surface area contributed by atoms with Gasteiger partial charge in [-0.1, -0.05) is 18.2 Å². The van der Waals surface area contributed by atoms with Crippen LogP contribution < -0.4 is 9.47 Å². The number of ether oxygens (including phenoxy) is 2. The lowest BCUT2D eigenvalue weighted by atomic mass is 10.2. The summed E-state index contributed by atoms with van der Waals surface area (Å²) < 4.78 is 11.5. The lowest BCUT2D eigenvalue weighted by Crippen LogP contribution is -1.99. The molecule has 0 bridgehead atoms. The van der Waals surface area contributed by atoms with Gasteiger partial charge in [0.25, 0.3) is 0 Å². The zero-order chi connectivity index (χ0) is 19.8. The van der Waals surface area contributed by atoms with Crippen LogP contribution in [0.25, 0.3) is 33.5 Å². The number of aryl methyl sites for hydroxylation is 1. The minimum Gasteiger partial charge on any atom is -0.493 e. The maximum Gasteiger partial charge on any atom is 0.161 e. The molecule has 0 aliphatic rings. The van der Waals surface area contributed by atoms with Crippen LogP contribution in [-0.4, -0.2) is 27.0 Å². The summed E-state index contributed by atoms with van der Waals surface area (Å²) in [6, 6.07) is 19.9. The fourth-order valence-electron chi connectivity index (χ4n) is 3.41. The summed E-state index contributed by atoms with van der Waals surface area (Å²) >= 11 is 0. The monoisotopic (exact) mass is 384 g/mol. The number of imidazole rings is 2. The first-order valence-electron chi connectivity index (χ1n) is 9.41.